The van der Waals surface area contributed by atoms with Gasteiger partial charge in [0, 0.05) is 22.0 Å². The summed E-state index contributed by atoms with van der Waals surface area (Å²) in [5.41, 5.74) is 2.08. The molecule has 29 heavy (non-hydrogen) atoms. The maximum absolute atomic E-state index is 11.8. The number of nitrogens with one attached hydrogen (secondary N) is 2. The van der Waals surface area contributed by atoms with Gasteiger partial charge in [-0.05, 0) is 67.8 Å². The number of rotatable bonds is 10. The molecule has 2 aromatic carbocycles. The van der Waals surface area contributed by atoms with Crippen molar-refractivity contribution in [3.05, 3.63) is 56.5 Å². The fourth-order valence-electron chi connectivity index (χ4n) is 2.36. The average Bonchev–Trinajstić information content (AvgIpc) is 2.69. The van der Waals surface area contributed by atoms with Gasteiger partial charge in [-0.15, -0.1) is 0 Å². The first-order valence-corrected chi connectivity index (χ1v) is 10.7. The third-order valence-electron chi connectivity index (χ3n) is 4.00. The predicted molar refractivity (Wildman–Crippen MR) is 119 cm³/mol. The summed E-state index contributed by atoms with van der Waals surface area (Å²) in [6.07, 6.45) is 0.617. The second kappa shape index (κ2) is 11.8. The molecule has 8 heteroatoms. The normalized spacial score (nSPS) is 10.3. The molecule has 0 atom stereocenters. The SMILES string of the molecule is Cc1cc(OCC(=O)NCCCNC(=O)COc2ccc(Br)c(C)c2)ccc1Br. The fraction of sp³-hybridized carbons (Fsp3) is 0.333. The van der Waals surface area contributed by atoms with Crippen molar-refractivity contribution in [3.63, 3.8) is 0 Å². The molecular weight excluding hydrogens is 504 g/mol. The Bertz CT molecular complexity index is 789. The first-order chi connectivity index (χ1) is 13.8. The zero-order valence-electron chi connectivity index (χ0n) is 16.4. The maximum atomic E-state index is 11.8. The van der Waals surface area contributed by atoms with Crippen molar-refractivity contribution in [2.24, 2.45) is 0 Å². The molecule has 0 fully saturated rings. The Hall–Kier alpha value is -2.06. The topological polar surface area (TPSA) is 76.7 Å². The Morgan fingerprint density at radius 1 is 0.793 bits per heavy atom. The molecule has 6 nitrogen and oxygen atoms in total. The van der Waals surface area contributed by atoms with E-state index in [2.05, 4.69) is 42.5 Å². The summed E-state index contributed by atoms with van der Waals surface area (Å²) in [5.74, 6) is 0.889. The number of carbonyl (C=O) groups excluding carboxylic acids is 2. The quantitative estimate of drug-likeness (QED) is 0.459. The van der Waals surface area contributed by atoms with Crippen molar-refractivity contribution < 1.29 is 19.1 Å². The molecule has 0 aliphatic rings. The summed E-state index contributed by atoms with van der Waals surface area (Å²) in [6, 6.07) is 11.1. The van der Waals surface area contributed by atoms with E-state index in [1.54, 1.807) is 12.1 Å². The highest BCUT2D eigenvalue weighted by atomic mass is 79.9. The summed E-state index contributed by atoms with van der Waals surface area (Å²) in [7, 11) is 0. The minimum absolute atomic E-state index is 0.0477. The number of amides is 2. The number of aryl methyl sites for hydroxylation is 2. The molecule has 0 aromatic heterocycles. The van der Waals surface area contributed by atoms with Crippen LogP contribution in [0, 0.1) is 13.8 Å². The van der Waals surface area contributed by atoms with E-state index in [1.165, 1.54) is 0 Å². The molecule has 0 heterocycles. The smallest absolute Gasteiger partial charge is 0.257 e. The van der Waals surface area contributed by atoms with Gasteiger partial charge < -0.3 is 20.1 Å². The maximum Gasteiger partial charge on any atom is 0.257 e. The van der Waals surface area contributed by atoms with Crippen molar-refractivity contribution >= 4 is 43.7 Å². The lowest BCUT2D eigenvalue weighted by molar-refractivity contribution is -0.123. The number of hydrogen-bond donors (Lipinski definition) is 2. The minimum atomic E-state index is -0.203. The first kappa shape index (κ1) is 23.2. The minimum Gasteiger partial charge on any atom is -0.484 e. The molecule has 0 saturated heterocycles. The molecule has 2 rings (SSSR count). The highest BCUT2D eigenvalue weighted by Gasteiger charge is 2.06. The van der Waals surface area contributed by atoms with E-state index in [0.717, 1.165) is 20.1 Å². The Kier molecular flexibility index (Phi) is 9.47. The van der Waals surface area contributed by atoms with Crippen molar-refractivity contribution in [2.45, 2.75) is 20.3 Å². The molecule has 2 N–H and O–H groups in total. The second-order valence-corrected chi connectivity index (χ2v) is 8.16. The van der Waals surface area contributed by atoms with Gasteiger partial charge in [-0.3, -0.25) is 9.59 Å². The van der Waals surface area contributed by atoms with Crippen LogP contribution in [0.2, 0.25) is 0 Å². The third-order valence-corrected chi connectivity index (χ3v) is 5.78. The predicted octanol–water partition coefficient (Wildman–Crippen LogP) is 3.91. The summed E-state index contributed by atoms with van der Waals surface area (Å²) < 4.78 is 12.9. The van der Waals surface area contributed by atoms with Crippen LogP contribution in [-0.2, 0) is 9.59 Å². The van der Waals surface area contributed by atoms with Crippen LogP contribution in [0.3, 0.4) is 0 Å². The Balaban J connectivity index is 1.55. The Morgan fingerprint density at radius 2 is 1.21 bits per heavy atom. The number of carbonyl (C=O) groups is 2. The van der Waals surface area contributed by atoms with Gasteiger partial charge in [0.2, 0.25) is 0 Å². The summed E-state index contributed by atoms with van der Waals surface area (Å²) in [4.78, 5) is 23.6. The zero-order chi connectivity index (χ0) is 21.2. The average molecular weight is 528 g/mol. The zero-order valence-corrected chi connectivity index (χ0v) is 19.6. The van der Waals surface area contributed by atoms with Gasteiger partial charge in [0.1, 0.15) is 11.5 Å². The molecule has 0 aliphatic carbocycles. The number of benzene rings is 2. The molecule has 156 valence electrons. The lowest BCUT2D eigenvalue weighted by atomic mass is 10.2. The molecule has 0 unspecified atom stereocenters. The molecular formula is C21H24Br2N2O4. The van der Waals surface area contributed by atoms with Gasteiger partial charge in [0.05, 0.1) is 0 Å². The van der Waals surface area contributed by atoms with Gasteiger partial charge >= 0.3 is 0 Å². The van der Waals surface area contributed by atoms with E-state index in [4.69, 9.17) is 9.47 Å². The monoisotopic (exact) mass is 526 g/mol. The van der Waals surface area contributed by atoms with E-state index in [1.807, 2.05) is 38.1 Å². The van der Waals surface area contributed by atoms with E-state index in [-0.39, 0.29) is 25.0 Å². The van der Waals surface area contributed by atoms with Crippen LogP contribution in [-0.4, -0.2) is 38.1 Å². The fourth-order valence-corrected chi connectivity index (χ4v) is 2.85. The van der Waals surface area contributed by atoms with Crippen LogP contribution in [0.4, 0.5) is 0 Å². The van der Waals surface area contributed by atoms with Crippen molar-refractivity contribution in [2.75, 3.05) is 26.3 Å². The molecule has 0 radical (unpaired) electrons. The Labute approximate surface area is 187 Å². The van der Waals surface area contributed by atoms with Crippen molar-refractivity contribution in [3.8, 4) is 11.5 Å². The van der Waals surface area contributed by atoms with E-state index < -0.39 is 0 Å². The summed E-state index contributed by atoms with van der Waals surface area (Å²) in [6.45, 7) is 4.72. The first-order valence-electron chi connectivity index (χ1n) is 9.16. The molecule has 0 aliphatic heterocycles. The van der Waals surface area contributed by atoms with E-state index in [9.17, 15) is 9.59 Å². The van der Waals surface area contributed by atoms with Gasteiger partial charge in [0.15, 0.2) is 13.2 Å². The van der Waals surface area contributed by atoms with Crippen LogP contribution in [0.25, 0.3) is 0 Å². The van der Waals surface area contributed by atoms with Crippen molar-refractivity contribution in [1.29, 1.82) is 0 Å². The largest absolute Gasteiger partial charge is 0.484 e. The van der Waals surface area contributed by atoms with Crippen LogP contribution in [0.15, 0.2) is 45.3 Å². The van der Waals surface area contributed by atoms with E-state index in [0.29, 0.717) is 31.0 Å². The lowest BCUT2D eigenvalue weighted by Crippen LogP contribution is -2.34. The van der Waals surface area contributed by atoms with Crippen LogP contribution < -0.4 is 20.1 Å². The van der Waals surface area contributed by atoms with Gasteiger partial charge in [-0.2, -0.15) is 0 Å². The highest BCUT2D eigenvalue weighted by Crippen LogP contribution is 2.22. The number of halogens is 2. The molecule has 2 aromatic rings. The van der Waals surface area contributed by atoms with Crippen molar-refractivity contribution in [1.82, 2.24) is 10.6 Å². The lowest BCUT2D eigenvalue weighted by Gasteiger charge is -2.10. The van der Waals surface area contributed by atoms with E-state index >= 15 is 0 Å². The van der Waals surface area contributed by atoms with Gasteiger partial charge in [0.25, 0.3) is 11.8 Å². The standard InChI is InChI=1S/C21H24Br2N2O4/c1-14-10-16(4-6-18(14)22)28-12-20(26)24-8-3-9-25-21(27)13-29-17-5-7-19(23)15(2)11-17/h4-7,10-11H,3,8-9,12-13H2,1-2H3,(H,24,26)(H,25,27). The van der Waals surface area contributed by atoms with Crippen LogP contribution in [0.1, 0.15) is 17.5 Å². The number of ether oxygens (including phenoxy) is 2. The Morgan fingerprint density at radius 3 is 1.59 bits per heavy atom. The molecule has 0 saturated carbocycles. The highest BCUT2D eigenvalue weighted by molar-refractivity contribution is 9.10. The summed E-state index contributed by atoms with van der Waals surface area (Å²) >= 11 is 6.84. The molecule has 2 amide bonds. The van der Waals surface area contributed by atoms with Crippen LogP contribution >= 0.6 is 31.9 Å². The van der Waals surface area contributed by atoms with Gasteiger partial charge in [-0.1, -0.05) is 31.9 Å². The molecule has 0 spiro atoms. The van der Waals surface area contributed by atoms with Crippen LogP contribution in [0.5, 0.6) is 11.5 Å². The molecule has 0 bridgehead atoms. The van der Waals surface area contributed by atoms with Gasteiger partial charge in [-0.25, -0.2) is 0 Å². The second-order valence-electron chi connectivity index (χ2n) is 6.45. The third kappa shape index (κ3) is 8.45. The number of hydrogen-bond acceptors (Lipinski definition) is 4. The summed E-state index contributed by atoms with van der Waals surface area (Å²) in [5, 5.41) is 5.52.